The summed E-state index contributed by atoms with van der Waals surface area (Å²) in [5, 5.41) is 0. The fourth-order valence-corrected chi connectivity index (χ4v) is 4.04. The molecule has 1 aromatic carbocycles. The van der Waals surface area contributed by atoms with Gasteiger partial charge in [0.15, 0.2) is 0 Å². The number of amides is 2. The van der Waals surface area contributed by atoms with Gasteiger partial charge in [0, 0.05) is 52.2 Å². The highest BCUT2D eigenvalue weighted by Gasteiger charge is 2.36. The lowest BCUT2D eigenvalue weighted by Gasteiger charge is -2.35. The van der Waals surface area contributed by atoms with Crippen LogP contribution in [0.2, 0.25) is 0 Å². The highest BCUT2D eigenvalue weighted by atomic mass is 16.2. The summed E-state index contributed by atoms with van der Waals surface area (Å²) < 4.78 is 0. The average Bonchev–Trinajstić information content (AvgIpc) is 3.09. The van der Waals surface area contributed by atoms with Gasteiger partial charge in [-0.2, -0.15) is 0 Å². The molecule has 0 spiro atoms. The lowest BCUT2D eigenvalue weighted by molar-refractivity contribution is -0.137. The largest absolute Gasteiger partial charge is 0.342 e. The number of carbonyl (C=O) groups excluding carboxylic acids is 2. The van der Waals surface area contributed by atoms with Crippen molar-refractivity contribution in [2.24, 2.45) is 5.92 Å². The fourth-order valence-electron chi connectivity index (χ4n) is 4.04. The van der Waals surface area contributed by atoms with Crippen molar-refractivity contribution in [3.05, 3.63) is 42.0 Å². The van der Waals surface area contributed by atoms with Crippen molar-refractivity contribution in [2.45, 2.75) is 12.8 Å². The third-order valence-corrected chi connectivity index (χ3v) is 5.75. The Labute approximate surface area is 174 Å². The van der Waals surface area contributed by atoms with Crippen LogP contribution in [0.15, 0.2) is 36.4 Å². The number of hydrogen-bond acceptors (Lipinski definition) is 4. The maximum atomic E-state index is 12.9. The van der Waals surface area contributed by atoms with Crippen molar-refractivity contribution in [3.63, 3.8) is 0 Å². The molecule has 0 bridgehead atoms. The molecule has 0 radical (unpaired) electrons. The molecule has 0 N–H and O–H groups in total. The molecular weight excluding hydrogens is 364 g/mol. The van der Waals surface area contributed by atoms with Crippen molar-refractivity contribution in [2.75, 3.05) is 66.5 Å². The molecule has 0 aromatic heterocycles. The topological polar surface area (TPSA) is 47.1 Å². The van der Waals surface area contributed by atoms with Gasteiger partial charge in [-0.15, -0.1) is 0 Å². The second kappa shape index (κ2) is 10.6. The lowest BCUT2D eigenvalue weighted by Crippen LogP contribution is -2.50. The van der Waals surface area contributed by atoms with Gasteiger partial charge in [-0.05, 0) is 32.6 Å². The van der Waals surface area contributed by atoms with E-state index in [2.05, 4.69) is 34.1 Å². The van der Waals surface area contributed by atoms with Crippen molar-refractivity contribution >= 4 is 17.9 Å². The van der Waals surface area contributed by atoms with Crippen molar-refractivity contribution in [3.8, 4) is 0 Å². The van der Waals surface area contributed by atoms with E-state index in [0.717, 1.165) is 52.2 Å². The number of nitrogens with zero attached hydrogens (tertiary/aromatic N) is 4. The third kappa shape index (κ3) is 6.41. The van der Waals surface area contributed by atoms with Gasteiger partial charge in [-0.1, -0.05) is 42.5 Å². The quantitative estimate of drug-likeness (QED) is 0.668. The molecule has 2 aliphatic heterocycles. The number of hydrogen-bond donors (Lipinski definition) is 0. The zero-order valence-corrected chi connectivity index (χ0v) is 17.8. The smallest absolute Gasteiger partial charge is 0.228 e. The Bertz CT molecular complexity index is 696. The van der Waals surface area contributed by atoms with Gasteiger partial charge in [0.05, 0.1) is 5.92 Å². The second-order valence-corrected chi connectivity index (χ2v) is 8.34. The van der Waals surface area contributed by atoms with E-state index in [0.29, 0.717) is 13.0 Å². The number of likely N-dealkylation sites (tertiary alicyclic amines) is 1. The zero-order chi connectivity index (χ0) is 20.6. The summed E-state index contributed by atoms with van der Waals surface area (Å²) >= 11 is 0. The van der Waals surface area contributed by atoms with Crippen molar-refractivity contribution < 1.29 is 9.59 Å². The van der Waals surface area contributed by atoms with Crippen LogP contribution in [-0.4, -0.2) is 97.9 Å². The average molecular weight is 399 g/mol. The first-order valence-corrected chi connectivity index (χ1v) is 10.7. The van der Waals surface area contributed by atoms with Gasteiger partial charge < -0.3 is 14.7 Å². The molecule has 29 heavy (non-hydrogen) atoms. The summed E-state index contributed by atoms with van der Waals surface area (Å²) in [4.78, 5) is 33.5. The Kier molecular flexibility index (Phi) is 7.83. The van der Waals surface area contributed by atoms with Crippen LogP contribution in [-0.2, 0) is 9.59 Å². The Balaban J connectivity index is 1.39. The van der Waals surface area contributed by atoms with E-state index >= 15 is 0 Å². The monoisotopic (exact) mass is 398 g/mol. The molecule has 6 heteroatoms. The van der Waals surface area contributed by atoms with E-state index in [9.17, 15) is 9.59 Å². The van der Waals surface area contributed by atoms with E-state index in [1.165, 1.54) is 5.56 Å². The maximum Gasteiger partial charge on any atom is 0.228 e. The van der Waals surface area contributed by atoms with Crippen molar-refractivity contribution in [1.29, 1.82) is 0 Å². The number of carbonyl (C=O) groups is 2. The Morgan fingerprint density at radius 1 is 1.14 bits per heavy atom. The predicted octanol–water partition coefficient (Wildman–Crippen LogP) is 1.64. The van der Waals surface area contributed by atoms with Crippen LogP contribution in [0.3, 0.4) is 0 Å². The van der Waals surface area contributed by atoms with Crippen LogP contribution in [0, 0.1) is 5.92 Å². The first kappa shape index (κ1) is 21.5. The first-order chi connectivity index (χ1) is 14.0. The standard InChI is InChI=1S/C23H34N4O2/c1-24(2)11-7-13-27-19-21(18-22(27)28)23(29)26-16-14-25(15-17-26)12-6-10-20-8-4-3-5-9-20/h3-6,8-10,21H,7,11-19H2,1-2H3/b10-6+. The van der Waals surface area contributed by atoms with Crippen LogP contribution in [0.1, 0.15) is 18.4 Å². The molecule has 3 rings (SSSR count). The molecule has 0 aliphatic carbocycles. The summed E-state index contributed by atoms with van der Waals surface area (Å²) in [6.45, 7) is 6.48. The molecule has 2 heterocycles. The highest BCUT2D eigenvalue weighted by Crippen LogP contribution is 2.21. The molecule has 2 saturated heterocycles. The van der Waals surface area contributed by atoms with Gasteiger partial charge in [-0.3, -0.25) is 14.5 Å². The number of rotatable bonds is 8. The Hall–Kier alpha value is -2.18. The molecule has 1 aromatic rings. The summed E-state index contributed by atoms with van der Waals surface area (Å²) in [7, 11) is 4.07. The SMILES string of the molecule is CN(C)CCCN1CC(C(=O)N2CCN(C/C=C/c3ccccc3)CC2)CC1=O. The second-order valence-electron chi connectivity index (χ2n) is 8.34. The van der Waals surface area contributed by atoms with Crippen LogP contribution in [0.5, 0.6) is 0 Å². The minimum atomic E-state index is -0.161. The minimum absolute atomic E-state index is 0.131. The molecular formula is C23H34N4O2. The van der Waals surface area contributed by atoms with E-state index in [-0.39, 0.29) is 17.7 Å². The molecule has 1 atom stereocenters. The van der Waals surface area contributed by atoms with Crippen LogP contribution >= 0.6 is 0 Å². The zero-order valence-electron chi connectivity index (χ0n) is 17.8. The van der Waals surface area contributed by atoms with Gasteiger partial charge in [0.1, 0.15) is 0 Å². The van der Waals surface area contributed by atoms with Crippen LogP contribution in [0.4, 0.5) is 0 Å². The predicted molar refractivity (Wildman–Crippen MR) is 116 cm³/mol. The lowest BCUT2D eigenvalue weighted by atomic mass is 10.1. The molecule has 6 nitrogen and oxygen atoms in total. The molecule has 1 unspecified atom stereocenters. The maximum absolute atomic E-state index is 12.9. The first-order valence-electron chi connectivity index (χ1n) is 10.7. The highest BCUT2D eigenvalue weighted by molar-refractivity contribution is 5.89. The van der Waals surface area contributed by atoms with Crippen molar-refractivity contribution in [1.82, 2.24) is 19.6 Å². The molecule has 2 aliphatic rings. The normalized spacial score (nSPS) is 20.9. The molecule has 158 valence electrons. The minimum Gasteiger partial charge on any atom is -0.342 e. The van der Waals surface area contributed by atoms with Gasteiger partial charge >= 0.3 is 0 Å². The summed E-state index contributed by atoms with van der Waals surface area (Å²) in [6.07, 6.45) is 5.66. The van der Waals surface area contributed by atoms with E-state index in [1.807, 2.05) is 42.1 Å². The summed E-state index contributed by atoms with van der Waals surface area (Å²) in [5.74, 6) is 0.131. The summed E-state index contributed by atoms with van der Waals surface area (Å²) in [5.41, 5.74) is 1.21. The van der Waals surface area contributed by atoms with Gasteiger partial charge in [0.25, 0.3) is 0 Å². The Morgan fingerprint density at radius 2 is 1.86 bits per heavy atom. The summed E-state index contributed by atoms with van der Waals surface area (Å²) in [6, 6.07) is 10.3. The van der Waals surface area contributed by atoms with E-state index < -0.39 is 0 Å². The molecule has 2 fully saturated rings. The van der Waals surface area contributed by atoms with Gasteiger partial charge in [-0.25, -0.2) is 0 Å². The molecule has 2 amide bonds. The van der Waals surface area contributed by atoms with Crippen LogP contribution in [0.25, 0.3) is 6.08 Å². The third-order valence-electron chi connectivity index (χ3n) is 5.75. The van der Waals surface area contributed by atoms with E-state index in [1.54, 1.807) is 0 Å². The molecule has 0 saturated carbocycles. The van der Waals surface area contributed by atoms with Gasteiger partial charge in [0.2, 0.25) is 11.8 Å². The number of benzene rings is 1. The Morgan fingerprint density at radius 3 is 2.55 bits per heavy atom. The van der Waals surface area contributed by atoms with Crippen LogP contribution < -0.4 is 0 Å². The number of piperazine rings is 1. The fraction of sp³-hybridized carbons (Fsp3) is 0.565. The van der Waals surface area contributed by atoms with E-state index in [4.69, 9.17) is 0 Å².